The molecule has 1 aliphatic rings. The van der Waals surface area contributed by atoms with Gasteiger partial charge in [0, 0.05) is 24.3 Å². The quantitative estimate of drug-likeness (QED) is 0.651. The van der Waals surface area contributed by atoms with Crippen molar-refractivity contribution < 1.29 is 14.3 Å². The Morgan fingerprint density at radius 2 is 1.90 bits per heavy atom. The van der Waals surface area contributed by atoms with Crippen molar-refractivity contribution in [2.45, 2.75) is 26.4 Å². The van der Waals surface area contributed by atoms with Gasteiger partial charge in [-0.25, -0.2) is 0 Å². The molecule has 1 saturated heterocycles. The number of anilines is 1. The van der Waals surface area contributed by atoms with E-state index in [-0.39, 0.29) is 23.4 Å². The summed E-state index contributed by atoms with van der Waals surface area (Å²) in [5.74, 6) is 0.411. The number of aromatic nitrogens is 2. The van der Waals surface area contributed by atoms with Gasteiger partial charge in [0.05, 0.1) is 0 Å². The Kier molecular flexibility index (Phi) is 6.04. The van der Waals surface area contributed by atoms with E-state index in [0.29, 0.717) is 16.3 Å². The van der Waals surface area contributed by atoms with Gasteiger partial charge >= 0.3 is 0 Å². The molecule has 0 radical (unpaired) electrons. The van der Waals surface area contributed by atoms with E-state index in [1.165, 1.54) is 11.3 Å². The summed E-state index contributed by atoms with van der Waals surface area (Å²) >= 11 is 1.18. The van der Waals surface area contributed by atoms with E-state index in [0.717, 1.165) is 37.2 Å². The molecule has 2 aromatic carbocycles. The number of amides is 2. The first-order chi connectivity index (χ1) is 14.6. The number of rotatable bonds is 6. The van der Waals surface area contributed by atoms with Crippen LogP contribution < -0.4 is 10.1 Å². The molecule has 2 heterocycles. The number of carbonyl (C=O) groups excluding carboxylic acids is 2. The molecular formula is C22H22N4O3S. The third-order valence-electron chi connectivity index (χ3n) is 4.87. The molecule has 0 aliphatic carbocycles. The smallest absolute Gasteiger partial charge is 0.286 e. The molecule has 3 aromatic rings. The third kappa shape index (κ3) is 4.65. The number of carbonyl (C=O) groups is 2. The zero-order valence-electron chi connectivity index (χ0n) is 16.6. The summed E-state index contributed by atoms with van der Waals surface area (Å²) in [6.45, 7) is 3.79. The second-order valence-corrected chi connectivity index (χ2v) is 8.15. The Balaban J connectivity index is 1.38. The minimum absolute atomic E-state index is 0.00449. The molecular weight excluding hydrogens is 400 g/mol. The van der Waals surface area contributed by atoms with E-state index in [1.807, 2.05) is 36.1 Å². The molecule has 0 spiro atoms. The Morgan fingerprint density at radius 3 is 2.70 bits per heavy atom. The van der Waals surface area contributed by atoms with Crippen molar-refractivity contribution in [1.29, 1.82) is 0 Å². The van der Waals surface area contributed by atoms with E-state index < -0.39 is 0 Å². The fourth-order valence-electron chi connectivity index (χ4n) is 3.28. The summed E-state index contributed by atoms with van der Waals surface area (Å²) in [7, 11) is 0. The van der Waals surface area contributed by atoms with E-state index in [4.69, 9.17) is 4.74 Å². The average molecular weight is 423 g/mol. The fourth-order valence-corrected chi connectivity index (χ4v) is 3.93. The van der Waals surface area contributed by atoms with E-state index in [1.54, 1.807) is 24.3 Å². The van der Waals surface area contributed by atoms with Gasteiger partial charge in [-0.3, -0.25) is 9.59 Å². The van der Waals surface area contributed by atoms with Crippen molar-refractivity contribution in [3.05, 3.63) is 69.7 Å². The number of nitrogens with one attached hydrogen (secondary N) is 1. The largest absolute Gasteiger partial charge is 0.486 e. The predicted octanol–water partition coefficient (Wildman–Crippen LogP) is 3.91. The van der Waals surface area contributed by atoms with Gasteiger partial charge in [0.1, 0.15) is 12.4 Å². The summed E-state index contributed by atoms with van der Waals surface area (Å²) in [5.41, 5.74) is 2.15. The molecule has 7 nitrogen and oxygen atoms in total. The normalized spacial score (nSPS) is 13.3. The highest BCUT2D eigenvalue weighted by Crippen LogP contribution is 2.20. The van der Waals surface area contributed by atoms with Crippen LogP contribution in [0.3, 0.4) is 0 Å². The lowest BCUT2D eigenvalue weighted by Gasteiger charge is -2.15. The van der Waals surface area contributed by atoms with Crippen LogP contribution in [0.2, 0.25) is 0 Å². The minimum atomic E-state index is -0.361. The maximum absolute atomic E-state index is 12.6. The molecule has 154 valence electrons. The van der Waals surface area contributed by atoms with Gasteiger partial charge < -0.3 is 15.0 Å². The standard InChI is InChI=1S/C22H22N4O3S/c1-15-7-2-3-10-18(15)29-14-19-24-25-21(30-19)20(27)23-17-9-6-8-16(13-17)22(28)26-11-4-5-12-26/h2-3,6-10,13H,4-5,11-12,14H2,1H3,(H,23,27). The Bertz CT molecular complexity index is 1060. The topological polar surface area (TPSA) is 84.4 Å². The monoisotopic (exact) mass is 422 g/mol. The van der Waals surface area contributed by atoms with Crippen molar-refractivity contribution in [3.63, 3.8) is 0 Å². The van der Waals surface area contributed by atoms with Crippen LogP contribution in [0.25, 0.3) is 0 Å². The number of aryl methyl sites for hydroxylation is 1. The van der Waals surface area contributed by atoms with Gasteiger partial charge in [-0.1, -0.05) is 35.6 Å². The molecule has 30 heavy (non-hydrogen) atoms. The first-order valence-corrected chi connectivity index (χ1v) is 10.6. The highest BCUT2D eigenvalue weighted by atomic mass is 32.1. The Labute approximate surface area is 178 Å². The van der Waals surface area contributed by atoms with Gasteiger partial charge in [-0.15, -0.1) is 10.2 Å². The lowest BCUT2D eigenvalue weighted by atomic mass is 10.1. The fraction of sp³-hybridized carbons (Fsp3) is 0.273. The number of hydrogen-bond acceptors (Lipinski definition) is 6. The average Bonchev–Trinajstić information content (AvgIpc) is 3.45. The van der Waals surface area contributed by atoms with Gasteiger partial charge in [0.15, 0.2) is 5.01 Å². The van der Waals surface area contributed by atoms with E-state index in [2.05, 4.69) is 15.5 Å². The van der Waals surface area contributed by atoms with Crippen LogP contribution in [0.1, 0.15) is 43.6 Å². The summed E-state index contributed by atoms with van der Waals surface area (Å²) < 4.78 is 5.76. The molecule has 0 atom stereocenters. The third-order valence-corrected chi connectivity index (χ3v) is 5.76. The molecule has 1 aliphatic heterocycles. The van der Waals surface area contributed by atoms with Crippen LogP contribution in [-0.4, -0.2) is 40.0 Å². The predicted molar refractivity (Wildman–Crippen MR) is 115 cm³/mol. The lowest BCUT2D eigenvalue weighted by molar-refractivity contribution is 0.0792. The van der Waals surface area contributed by atoms with Gasteiger partial charge in [-0.05, 0) is 49.6 Å². The Hall–Kier alpha value is -3.26. The maximum atomic E-state index is 12.6. The van der Waals surface area contributed by atoms with Crippen molar-refractivity contribution in [3.8, 4) is 5.75 Å². The van der Waals surface area contributed by atoms with Crippen LogP contribution in [0.15, 0.2) is 48.5 Å². The zero-order chi connectivity index (χ0) is 20.9. The first-order valence-electron chi connectivity index (χ1n) is 9.81. The summed E-state index contributed by atoms with van der Waals surface area (Å²) in [6.07, 6.45) is 2.07. The second-order valence-electron chi connectivity index (χ2n) is 7.09. The van der Waals surface area contributed by atoms with Gasteiger partial charge in [0.2, 0.25) is 5.01 Å². The molecule has 0 bridgehead atoms. The first kappa shape index (κ1) is 20.0. The maximum Gasteiger partial charge on any atom is 0.286 e. The van der Waals surface area contributed by atoms with Gasteiger partial charge in [-0.2, -0.15) is 0 Å². The molecule has 2 amide bonds. The molecule has 1 fully saturated rings. The summed E-state index contributed by atoms with van der Waals surface area (Å²) in [5, 5.41) is 11.7. The molecule has 8 heteroatoms. The molecule has 0 unspecified atom stereocenters. The summed E-state index contributed by atoms with van der Waals surface area (Å²) in [6, 6.07) is 14.7. The SMILES string of the molecule is Cc1ccccc1OCc1nnc(C(=O)Nc2cccc(C(=O)N3CCCC3)c2)s1. The van der Waals surface area contributed by atoms with E-state index >= 15 is 0 Å². The van der Waals surface area contributed by atoms with Crippen LogP contribution in [0, 0.1) is 6.92 Å². The van der Waals surface area contributed by atoms with Crippen molar-refractivity contribution in [1.82, 2.24) is 15.1 Å². The van der Waals surface area contributed by atoms with Crippen molar-refractivity contribution >= 4 is 28.8 Å². The number of nitrogens with zero attached hydrogens (tertiary/aromatic N) is 3. The molecule has 0 saturated carbocycles. The molecule has 1 N–H and O–H groups in total. The minimum Gasteiger partial charge on any atom is -0.486 e. The number of likely N-dealkylation sites (tertiary alicyclic amines) is 1. The lowest BCUT2D eigenvalue weighted by Crippen LogP contribution is -2.27. The summed E-state index contributed by atoms with van der Waals surface area (Å²) in [4.78, 5) is 26.9. The number of para-hydroxylation sites is 1. The second kappa shape index (κ2) is 9.04. The molecule has 4 rings (SSSR count). The Morgan fingerprint density at radius 1 is 1.10 bits per heavy atom. The number of benzene rings is 2. The molecule has 1 aromatic heterocycles. The van der Waals surface area contributed by atoms with Gasteiger partial charge in [0.25, 0.3) is 11.8 Å². The van der Waals surface area contributed by atoms with Crippen LogP contribution in [0.4, 0.5) is 5.69 Å². The van der Waals surface area contributed by atoms with Crippen molar-refractivity contribution in [2.75, 3.05) is 18.4 Å². The van der Waals surface area contributed by atoms with Crippen LogP contribution in [0.5, 0.6) is 5.75 Å². The highest BCUT2D eigenvalue weighted by Gasteiger charge is 2.20. The number of ether oxygens (including phenoxy) is 1. The van der Waals surface area contributed by atoms with Crippen LogP contribution >= 0.6 is 11.3 Å². The van der Waals surface area contributed by atoms with E-state index in [9.17, 15) is 9.59 Å². The van der Waals surface area contributed by atoms with Crippen LogP contribution in [-0.2, 0) is 6.61 Å². The zero-order valence-corrected chi connectivity index (χ0v) is 17.4. The number of hydrogen-bond donors (Lipinski definition) is 1. The van der Waals surface area contributed by atoms with Crippen molar-refractivity contribution in [2.24, 2.45) is 0 Å². The highest BCUT2D eigenvalue weighted by molar-refractivity contribution is 7.13.